The number of aryl methyl sites for hydroxylation is 2. The number of amides is 3. The summed E-state index contributed by atoms with van der Waals surface area (Å²) in [6.45, 7) is 2.10. The standard InChI is InChI=1S/C24H28ClN5O4S/c1-16-10-11-19-18(21(16)25)14-20(29(19)3)22(31)27-24(17-8-5-4-6-9-17)12-7-13-30(15-24)35(33,34)28-23(32)26-2/h4-6,8-11,14H,7,12-13,15H2,1-3H3,(H,27,31)(H2,26,28,32). The van der Waals surface area contributed by atoms with Gasteiger partial charge in [0.1, 0.15) is 5.69 Å². The van der Waals surface area contributed by atoms with E-state index in [1.807, 2.05) is 54.1 Å². The zero-order valence-electron chi connectivity index (χ0n) is 19.8. The molecule has 0 aliphatic carbocycles. The predicted octanol–water partition coefficient (Wildman–Crippen LogP) is 3.04. The van der Waals surface area contributed by atoms with Crippen LogP contribution in [-0.2, 0) is 22.8 Å². The molecule has 11 heteroatoms. The molecule has 35 heavy (non-hydrogen) atoms. The fourth-order valence-electron chi connectivity index (χ4n) is 4.61. The van der Waals surface area contributed by atoms with Crippen LogP contribution >= 0.6 is 11.6 Å². The van der Waals surface area contributed by atoms with Gasteiger partial charge in [-0.25, -0.2) is 9.52 Å². The molecule has 1 atom stereocenters. The van der Waals surface area contributed by atoms with Gasteiger partial charge in [-0.3, -0.25) is 4.79 Å². The summed E-state index contributed by atoms with van der Waals surface area (Å²) < 4.78 is 30.8. The minimum absolute atomic E-state index is 0.0289. The summed E-state index contributed by atoms with van der Waals surface area (Å²) in [5.74, 6) is -0.347. The van der Waals surface area contributed by atoms with Gasteiger partial charge in [-0.15, -0.1) is 0 Å². The molecule has 9 nitrogen and oxygen atoms in total. The number of nitrogens with zero attached hydrogens (tertiary/aromatic N) is 2. The lowest BCUT2D eigenvalue weighted by Gasteiger charge is -2.43. The second-order valence-electron chi connectivity index (χ2n) is 8.74. The van der Waals surface area contributed by atoms with Crippen molar-refractivity contribution in [2.24, 2.45) is 7.05 Å². The van der Waals surface area contributed by atoms with Gasteiger partial charge in [0, 0.05) is 38.1 Å². The Kier molecular flexibility index (Phi) is 6.81. The van der Waals surface area contributed by atoms with Crippen LogP contribution in [0, 0.1) is 6.92 Å². The maximum atomic E-state index is 13.6. The van der Waals surface area contributed by atoms with Crippen LogP contribution in [0.5, 0.6) is 0 Å². The first-order valence-corrected chi connectivity index (χ1v) is 13.0. The number of hydrogen-bond donors (Lipinski definition) is 3. The van der Waals surface area contributed by atoms with Crippen molar-refractivity contribution in [2.45, 2.75) is 25.3 Å². The van der Waals surface area contributed by atoms with Crippen LogP contribution in [0.2, 0.25) is 5.02 Å². The highest BCUT2D eigenvalue weighted by Crippen LogP contribution is 2.34. The van der Waals surface area contributed by atoms with Gasteiger partial charge in [0.25, 0.3) is 5.91 Å². The van der Waals surface area contributed by atoms with Gasteiger partial charge in [0.2, 0.25) is 0 Å². The smallest absolute Gasteiger partial charge is 0.329 e. The third kappa shape index (κ3) is 4.73. The lowest BCUT2D eigenvalue weighted by Crippen LogP contribution is -2.59. The second-order valence-corrected chi connectivity index (χ2v) is 10.8. The molecule has 2 aromatic carbocycles. The van der Waals surface area contributed by atoms with Crippen molar-refractivity contribution in [2.75, 3.05) is 20.1 Å². The number of urea groups is 1. The summed E-state index contributed by atoms with van der Waals surface area (Å²) in [4.78, 5) is 25.4. The summed E-state index contributed by atoms with van der Waals surface area (Å²) >= 11 is 6.50. The summed E-state index contributed by atoms with van der Waals surface area (Å²) in [6.07, 6.45) is 1.02. The van der Waals surface area contributed by atoms with Crippen molar-refractivity contribution in [1.29, 1.82) is 0 Å². The van der Waals surface area contributed by atoms with E-state index in [1.165, 1.54) is 11.4 Å². The molecular weight excluding hydrogens is 490 g/mol. The Morgan fingerprint density at radius 3 is 2.51 bits per heavy atom. The molecule has 3 amide bonds. The van der Waals surface area contributed by atoms with Crippen molar-refractivity contribution in [3.8, 4) is 0 Å². The molecule has 3 N–H and O–H groups in total. The quantitative estimate of drug-likeness (QED) is 0.483. The van der Waals surface area contributed by atoms with Gasteiger partial charge in [-0.1, -0.05) is 48.0 Å². The minimum Gasteiger partial charge on any atom is -0.340 e. The van der Waals surface area contributed by atoms with Crippen molar-refractivity contribution < 1.29 is 18.0 Å². The molecule has 0 spiro atoms. The van der Waals surface area contributed by atoms with E-state index in [-0.39, 0.29) is 19.0 Å². The number of piperidine rings is 1. The number of aromatic nitrogens is 1. The van der Waals surface area contributed by atoms with Gasteiger partial charge in [0.05, 0.1) is 10.6 Å². The van der Waals surface area contributed by atoms with Gasteiger partial charge in [-0.2, -0.15) is 12.7 Å². The third-order valence-corrected chi connectivity index (χ3v) is 8.45. The van der Waals surface area contributed by atoms with Crippen LogP contribution in [0.1, 0.15) is 34.5 Å². The van der Waals surface area contributed by atoms with Crippen molar-refractivity contribution >= 4 is 44.7 Å². The van der Waals surface area contributed by atoms with Gasteiger partial charge >= 0.3 is 16.2 Å². The third-order valence-electron chi connectivity index (χ3n) is 6.51. The van der Waals surface area contributed by atoms with E-state index in [9.17, 15) is 18.0 Å². The first-order valence-electron chi connectivity index (χ1n) is 11.2. The van der Waals surface area contributed by atoms with E-state index >= 15 is 0 Å². The van der Waals surface area contributed by atoms with Crippen molar-refractivity contribution in [1.82, 2.24) is 24.2 Å². The zero-order valence-corrected chi connectivity index (χ0v) is 21.3. The van der Waals surface area contributed by atoms with E-state index in [4.69, 9.17) is 11.6 Å². The van der Waals surface area contributed by atoms with Crippen LogP contribution in [0.15, 0.2) is 48.5 Å². The molecule has 1 fully saturated rings. The predicted molar refractivity (Wildman–Crippen MR) is 136 cm³/mol. The highest BCUT2D eigenvalue weighted by molar-refractivity contribution is 7.87. The fourth-order valence-corrected chi connectivity index (χ4v) is 6.04. The molecule has 0 bridgehead atoms. The molecule has 1 aliphatic heterocycles. The van der Waals surface area contributed by atoms with Crippen LogP contribution in [0.3, 0.4) is 0 Å². The van der Waals surface area contributed by atoms with Gasteiger partial charge in [0.15, 0.2) is 0 Å². The Morgan fingerprint density at radius 2 is 1.83 bits per heavy atom. The van der Waals surface area contributed by atoms with E-state index in [0.29, 0.717) is 23.6 Å². The number of hydrogen-bond acceptors (Lipinski definition) is 4. The molecule has 1 saturated heterocycles. The number of carbonyl (C=O) groups is 2. The maximum Gasteiger partial charge on any atom is 0.329 e. The molecule has 2 heterocycles. The van der Waals surface area contributed by atoms with Gasteiger partial charge in [-0.05, 0) is 43.0 Å². The Labute approximate surface area is 209 Å². The number of benzene rings is 2. The van der Waals surface area contributed by atoms with E-state index in [1.54, 1.807) is 17.7 Å². The lowest BCUT2D eigenvalue weighted by molar-refractivity contribution is 0.0835. The highest BCUT2D eigenvalue weighted by Gasteiger charge is 2.43. The van der Waals surface area contributed by atoms with Crippen molar-refractivity contribution in [3.63, 3.8) is 0 Å². The molecule has 4 rings (SSSR count). The Bertz CT molecular complexity index is 1390. The molecule has 0 radical (unpaired) electrons. The topological polar surface area (TPSA) is 113 Å². The number of carbonyl (C=O) groups excluding carboxylic acids is 2. The number of halogens is 1. The van der Waals surface area contributed by atoms with Gasteiger partial charge < -0.3 is 15.2 Å². The molecule has 1 aromatic heterocycles. The van der Waals surface area contributed by atoms with E-state index < -0.39 is 21.8 Å². The largest absolute Gasteiger partial charge is 0.340 e. The molecule has 0 saturated carbocycles. The average Bonchev–Trinajstić information content (AvgIpc) is 3.19. The average molecular weight is 518 g/mol. The Hall–Kier alpha value is -3.08. The minimum atomic E-state index is -4.12. The highest BCUT2D eigenvalue weighted by atomic mass is 35.5. The first-order chi connectivity index (χ1) is 16.6. The van der Waals surface area contributed by atoms with E-state index in [0.717, 1.165) is 22.0 Å². The summed E-state index contributed by atoms with van der Waals surface area (Å²) in [7, 11) is -0.981. The SMILES string of the molecule is CNC(=O)NS(=O)(=O)N1CCCC(NC(=O)c2cc3c(Cl)c(C)ccc3n2C)(c2ccccc2)C1. The molecule has 186 valence electrons. The molecular formula is C24H28ClN5O4S. The Morgan fingerprint density at radius 1 is 1.11 bits per heavy atom. The number of fused-ring (bicyclic) bond motifs is 1. The fraction of sp³-hybridized carbons (Fsp3) is 0.333. The van der Waals surface area contributed by atoms with Crippen LogP contribution < -0.4 is 15.4 Å². The monoisotopic (exact) mass is 517 g/mol. The number of rotatable bonds is 5. The normalized spacial score (nSPS) is 18.9. The summed E-state index contributed by atoms with van der Waals surface area (Å²) in [5.41, 5.74) is 1.92. The van der Waals surface area contributed by atoms with Crippen LogP contribution in [-0.4, -0.2) is 49.4 Å². The molecule has 1 aliphatic rings. The number of nitrogens with one attached hydrogen (secondary N) is 3. The molecule has 3 aromatic rings. The summed E-state index contributed by atoms with van der Waals surface area (Å²) in [5, 5.41) is 6.75. The van der Waals surface area contributed by atoms with E-state index in [2.05, 4.69) is 10.6 Å². The maximum absolute atomic E-state index is 13.6. The zero-order chi connectivity index (χ0) is 25.4. The second kappa shape index (κ2) is 9.52. The van der Waals surface area contributed by atoms with Crippen LogP contribution in [0.25, 0.3) is 10.9 Å². The van der Waals surface area contributed by atoms with Crippen molar-refractivity contribution in [3.05, 3.63) is 70.4 Å². The van der Waals surface area contributed by atoms with Crippen LogP contribution in [0.4, 0.5) is 4.79 Å². The first kappa shape index (κ1) is 25.0. The summed E-state index contributed by atoms with van der Waals surface area (Å²) in [6, 6.07) is 14.0. The lowest BCUT2D eigenvalue weighted by atomic mass is 9.82. The Balaban J connectivity index is 1.72. The molecule has 1 unspecified atom stereocenters.